The Morgan fingerprint density at radius 2 is 2.14 bits per heavy atom. The second-order valence-corrected chi connectivity index (χ2v) is 6.90. The first-order valence-electron chi connectivity index (χ1n) is 9.35. The number of fused-ring (bicyclic) bond motifs is 3. The number of nitrogens with one attached hydrogen (secondary N) is 1. The minimum absolute atomic E-state index is 0.192. The maximum Gasteiger partial charge on any atom is 0.407 e. The number of benzene rings is 2. The van der Waals surface area contributed by atoms with Gasteiger partial charge in [0.1, 0.15) is 18.0 Å². The van der Waals surface area contributed by atoms with Crippen LogP contribution in [0.15, 0.2) is 59.1 Å². The van der Waals surface area contributed by atoms with Crippen molar-refractivity contribution in [3.05, 3.63) is 66.1 Å². The van der Waals surface area contributed by atoms with E-state index >= 15 is 0 Å². The highest BCUT2D eigenvalue weighted by molar-refractivity contribution is 6.03. The lowest BCUT2D eigenvalue weighted by molar-refractivity contribution is 0.135. The zero-order valence-electron chi connectivity index (χ0n) is 16.0. The third kappa shape index (κ3) is 4.06. The van der Waals surface area contributed by atoms with Crippen LogP contribution < -0.4 is 5.32 Å². The van der Waals surface area contributed by atoms with Crippen LogP contribution >= 0.6 is 0 Å². The predicted octanol–water partition coefficient (Wildman–Crippen LogP) is 4.16. The molecule has 29 heavy (non-hydrogen) atoms. The molecule has 1 amide bonds. The number of hydrogen-bond donors (Lipinski definition) is 1. The zero-order valence-corrected chi connectivity index (χ0v) is 16.0. The number of ether oxygens (including phenoxy) is 1. The second kappa shape index (κ2) is 8.07. The summed E-state index contributed by atoms with van der Waals surface area (Å²) in [6.45, 7) is 2.59. The van der Waals surface area contributed by atoms with E-state index in [0.717, 1.165) is 21.9 Å². The fourth-order valence-electron chi connectivity index (χ4n) is 3.32. The molecule has 0 saturated heterocycles. The number of hydrogen-bond acceptors (Lipinski definition) is 5. The van der Waals surface area contributed by atoms with Crippen LogP contribution in [0.5, 0.6) is 0 Å². The topological polar surface area (TPSA) is 93.1 Å². The minimum atomic E-state index is -0.470. The Hall–Kier alpha value is -3.79. The number of carbonyl (C=O) groups excluding carboxylic acids is 1. The summed E-state index contributed by atoms with van der Waals surface area (Å²) in [5.41, 5.74) is 2.57. The van der Waals surface area contributed by atoms with E-state index in [0.29, 0.717) is 17.9 Å². The Morgan fingerprint density at radius 1 is 1.31 bits per heavy atom. The maximum atomic E-state index is 12.1. The van der Waals surface area contributed by atoms with Crippen LogP contribution in [-0.4, -0.2) is 21.9 Å². The number of alkyl carbamates (subject to hydrolysis) is 1. The van der Waals surface area contributed by atoms with Crippen molar-refractivity contribution in [3.63, 3.8) is 0 Å². The Labute approximate surface area is 167 Å². The van der Waals surface area contributed by atoms with Crippen molar-refractivity contribution >= 4 is 28.0 Å². The highest BCUT2D eigenvalue weighted by Gasteiger charge is 2.15. The number of nitriles is 1. The summed E-state index contributed by atoms with van der Waals surface area (Å²) in [6.07, 6.45) is 1.53. The molecule has 146 valence electrons. The fourth-order valence-corrected chi connectivity index (χ4v) is 3.32. The standard InChI is InChI=1S/C22H20N4O3/c1-15(25-22(27)28-14-16-5-3-2-4-6-16)13-26-21-17(12-24-26)7-8-20-19(21)11-18(29-20)9-10-23/h2-8,11-12,15H,9,13-14H2,1H3,(H,25,27). The van der Waals surface area contributed by atoms with Gasteiger partial charge >= 0.3 is 6.09 Å². The Kier molecular flexibility index (Phi) is 5.16. The Bertz CT molecular complexity index is 1190. The molecule has 4 aromatic rings. The van der Waals surface area contributed by atoms with E-state index in [1.165, 1.54) is 0 Å². The molecule has 1 N–H and O–H groups in total. The van der Waals surface area contributed by atoms with E-state index < -0.39 is 6.09 Å². The van der Waals surface area contributed by atoms with Gasteiger partial charge in [0.25, 0.3) is 0 Å². The molecule has 2 aromatic carbocycles. The summed E-state index contributed by atoms with van der Waals surface area (Å²) in [7, 11) is 0. The van der Waals surface area contributed by atoms with Crippen LogP contribution in [0, 0.1) is 11.3 Å². The zero-order chi connectivity index (χ0) is 20.2. The summed E-state index contributed by atoms with van der Waals surface area (Å²) in [6, 6.07) is 17.1. The SMILES string of the molecule is CC(Cn1ncc2ccc3oc(CC#N)cc3c21)NC(=O)OCc1ccccc1. The van der Waals surface area contributed by atoms with Gasteiger partial charge in [0.2, 0.25) is 0 Å². The fraction of sp³-hybridized carbons (Fsp3) is 0.227. The first-order valence-corrected chi connectivity index (χ1v) is 9.35. The van der Waals surface area contributed by atoms with E-state index in [2.05, 4.69) is 16.5 Å². The van der Waals surface area contributed by atoms with E-state index in [1.54, 1.807) is 6.20 Å². The summed E-state index contributed by atoms with van der Waals surface area (Å²) in [4.78, 5) is 12.1. The van der Waals surface area contributed by atoms with Crippen molar-refractivity contribution in [3.8, 4) is 6.07 Å². The van der Waals surface area contributed by atoms with Crippen LogP contribution in [0.4, 0.5) is 4.79 Å². The minimum Gasteiger partial charge on any atom is -0.460 e. The number of carbonyl (C=O) groups is 1. The molecule has 0 aliphatic heterocycles. The molecular formula is C22H20N4O3. The van der Waals surface area contributed by atoms with Crippen LogP contribution in [0.25, 0.3) is 21.9 Å². The van der Waals surface area contributed by atoms with Crippen LogP contribution in [0.2, 0.25) is 0 Å². The molecule has 0 fully saturated rings. The summed E-state index contributed by atoms with van der Waals surface area (Å²) < 4.78 is 12.9. The molecular weight excluding hydrogens is 368 g/mol. The van der Waals surface area contributed by atoms with Crippen molar-refractivity contribution in [2.45, 2.75) is 32.5 Å². The number of furan rings is 1. The van der Waals surface area contributed by atoms with Gasteiger partial charge in [0.05, 0.1) is 30.7 Å². The molecule has 4 rings (SSSR count). The molecule has 1 unspecified atom stereocenters. The van der Waals surface area contributed by atoms with Crippen LogP contribution in [0.3, 0.4) is 0 Å². The second-order valence-electron chi connectivity index (χ2n) is 6.90. The summed E-state index contributed by atoms with van der Waals surface area (Å²) in [5.74, 6) is 0.624. The highest BCUT2D eigenvalue weighted by atomic mass is 16.5. The van der Waals surface area contributed by atoms with Gasteiger partial charge in [-0.25, -0.2) is 4.79 Å². The Morgan fingerprint density at radius 3 is 2.93 bits per heavy atom. The van der Waals surface area contributed by atoms with Crippen molar-refractivity contribution in [2.24, 2.45) is 0 Å². The van der Waals surface area contributed by atoms with Crippen molar-refractivity contribution in [2.75, 3.05) is 0 Å². The predicted molar refractivity (Wildman–Crippen MR) is 108 cm³/mol. The maximum absolute atomic E-state index is 12.1. The molecule has 0 spiro atoms. The molecule has 1 atom stereocenters. The van der Waals surface area contributed by atoms with Gasteiger partial charge in [-0.3, -0.25) is 4.68 Å². The van der Waals surface area contributed by atoms with Gasteiger partial charge < -0.3 is 14.5 Å². The van der Waals surface area contributed by atoms with E-state index in [9.17, 15) is 4.79 Å². The number of aromatic nitrogens is 2. The molecule has 0 aliphatic rings. The van der Waals surface area contributed by atoms with Gasteiger partial charge in [0.15, 0.2) is 0 Å². The number of nitrogens with zero attached hydrogens (tertiary/aromatic N) is 3. The normalized spacial score (nSPS) is 12.0. The molecule has 0 saturated carbocycles. The monoisotopic (exact) mass is 388 g/mol. The van der Waals surface area contributed by atoms with Gasteiger partial charge in [-0.05, 0) is 30.7 Å². The lowest BCUT2D eigenvalue weighted by Crippen LogP contribution is -2.36. The molecule has 0 radical (unpaired) electrons. The highest BCUT2D eigenvalue weighted by Crippen LogP contribution is 2.28. The van der Waals surface area contributed by atoms with Gasteiger partial charge in [-0.2, -0.15) is 10.4 Å². The first-order chi connectivity index (χ1) is 14.1. The molecule has 7 heteroatoms. The Balaban J connectivity index is 1.46. The van der Waals surface area contributed by atoms with E-state index in [-0.39, 0.29) is 19.1 Å². The summed E-state index contributed by atoms with van der Waals surface area (Å²) in [5, 5.41) is 18.1. The van der Waals surface area contributed by atoms with Gasteiger partial charge in [-0.1, -0.05) is 30.3 Å². The average molecular weight is 388 g/mol. The van der Waals surface area contributed by atoms with Crippen molar-refractivity contribution in [1.29, 1.82) is 5.26 Å². The van der Waals surface area contributed by atoms with E-state index in [1.807, 2.05) is 60.1 Å². The van der Waals surface area contributed by atoms with Gasteiger partial charge in [-0.15, -0.1) is 0 Å². The average Bonchev–Trinajstić information content (AvgIpc) is 3.31. The summed E-state index contributed by atoms with van der Waals surface area (Å²) >= 11 is 0. The van der Waals surface area contributed by atoms with Crippen molar-refractivity contribution < 1.29 is 13.9 Å². The molecule has 0 bridgehead atoms. The molecule has 7 nitrogen and oxygen atoms in total. The molecule has 2 aromatic heterocycles. The van der Waals surface area contributed by atoms with Crippen LogP contribution in [0.1, 0.15) is 18.2 Å². The van der Waals surface area contributed by atoms with E-state index in [4.69, 9.17) is 14.4 Å². The largest absolute Gasteiger partial charge is 0.460 e. The number of amides is 1. The van der Waals surface area contributed by atoms with Crippen LogP contribution in [-0.2, 0) is 24.3 Å². The quantitative estimate of drug-likeness (QED) is 0.535. The molecule has 2 heterocycles. The third-order valence-corrected chi connectivity index (χ3v) is 4.63. The number of rotatable bonds is 6. The molecule has 0 aliphatic carbocycles. The van der Waals surface area contributed by atoms with Crippen molar-refractivity contribution in [1.82, 2.24) is 15.1 Å². The van der Waals surface area contributed by atoms with Gasteiger partial charge in [0, 0.05) is 16.8 Å². The smallest absolute Gasteiger partial charge is 0.407 e. The first kappa shape index (κ1) is 18.6. The third-order valence-electron chi connectivity index (χ3n) is 4.63. The lowest BCUT2D eigenvalue weighted by Gasteiger charge is -2.15. The lowest BCUT2D eigenvalue weighted by atomic mass is 10.1.